The molecular formula is C25H29F9N7O5P. The van der Waals surface area contributed by atoms with Crippen LogP contribution in [0.4, 0.5) is 45.3 Å². The Morgan fingerprint density at radius 2 is 1.64 bits per heavy atom. The number of hydrogen-bond donors (Lipinski definition) is 3. The van der Waals surface area contributed by atoms with Crippen molar-refractivity contribution >= 4 is 30.4 Å². The molecule has 0 saturated carbocycles. The Morgan fingerprint density at radius 3 is 2.19 bits per heavy atom. The molecule has 0 amide bonds. The lowest BCUT2D eigenvalue weighted by atomic mass is 10.1. The highest BCUT2D eigenvalue weighted by molar-refractivity contribution is 7.59. The first-order valence-corrected chi connectivity index (χ1v) is 15.3. The van der Waals surface area contributed by atoms with Crippen LogP contribution in [0.3, 0.4) is 0 Å². The number of fused-ring (bicyclic) bond motifs is 1. The Morgan fingerprint density at radius 1 is 1.00 bits per heavy atom. The Balaban J connectivity index is 1.99. The molecule has 0 bridgehead atoms. The number of anilines is 1. The summed E-state index contributed by atoms with van der Waals surface area (Å²) in [4.78, 5) is 24.0. The van der Waals surface area contributed by atoms with Gasteiger partial charge in [0.05, 0.1) is 19.5 Å². The average Bonchev–Trinajstić information content (AvgIpc) is 3.35. The minimum Gasteiger partial charge on any atom is -0.464 e. The van der Waals surface area contributed by atoms with E-state index in [0.29, 0.717) is 30.7 Å². The van der Waals surface area contributed by atoms with Gasteiger partial charge in [-0.15, -0.1) is 13.2 Å². The number of nitrogens with one attached hydrogen (secondary N) is 2. The molecule has 3 rings (SSSR count). The molecule has 4 N–H and O–H groups in total. The molecule has 3 atom stereocenters. The first-order valence-electron chi connectivity index (χ1n) is 13.4. The average molecular weight is 710 g/mol. The number of benzene rings is 1. The van der Waals surface area contributed by atoms with Gasteiger partial charge in [0.15, 0.2) is 17.6 Å². The number of carbonyl (C=O) groups excluding carboxylic acids is 1. The van der Waals surface area contributed by atoms with Crippen molar-refractivity contribution in [2.45, 2.75) is 70.1 Å². The molecule has 3 aromatic rings. The maximum atomic E-state index is 14.3. The third kappa shape index (κ3) is 10.4. The number of nitrogens with zero attached hydrogens (tertiary/aromatic N) is 4. The summed E-state index contributed by atoms with van der Waals surface area (Å²) in [6.07, 6.45) is -17.8. The minimum absolute atomic E-state index is 0.0468. The van der Waals surface area contributed by atoms with Crippen LogP contribution in [0.1, 0.15) is 38.8 Å². The Bertz CT molecular complexity index is 1560. The highest BCUT2D eigenvalue weighted by atomic mass is 31.2. The molecule has 12 nitrogen and oxygen atoms in total. The first-order chi connectivity index (χ1) is 21.5. The number of ether oxygens (including phenoxy) is 3. The second kappa shape index (κ2) is 14.2. The molecule has 2 aromatic heterocycles. The number of aromatic nitrogens is 4. The zero-order valence-electron chi connectivity index (χ0n) is 24.7. The number of halogens is 9. The van der Waals surface area contributed by atoms with E-state index in [2.05, 4.69) is 24.8 Å². The van der Waals surface area contributed by atoms with Crippen molar-refractivity contribution in [2.75, 3.05) is 18.7 Å². The van der Waals surface area contributed by atoms with Crippen molar-refractivity contribution in [3.63, 3.8) is 0 Å². The van der Waals surface area contributed by atoms with E-state index >= 15 is 0 Å². The van der Waals surface area contributed by atoms with Crippen molar-refractivity contribution < 1.29 is 63.1 Å². The third-order valence-electron chi connectivity index (χ3n) is 6.13. The molecular weight excluding hydrogens is 680 g/mol. The number of carbonyl (C=O) groups is 1. The van der Waals surface area contributed by atoms with Gasteiger partial charge in [-0.25, -0.2) is 25.1 Å². The molecule has 0 aliphatic carbocycles. The fraction of sp³-hybridized carbons (Fsp3) is 0.520. The number of hydrogen-bond acceptors (Lipinski definition) is 9. The number of imidazole rings is 1. The van der Waals surface area contributed by atoms with Gasteiger partial charge in [-0.3, -0.25) is 9.36 Å². The summed E-state index contributed by atoms with van der Waals surface area (Å²) in [7, 11) is -5.08. The van der Waals surface area contributed by atoms with Crippen LogP contribution in [0.2, 0.25) is 0 Å². The van der Waals surface area contributed by atoms with Crippen LogP contribution in [-0.4, -0.2) is 68.8 Å². The maximum Gasteiger partial charge on any atom is 0.573 e. The van der Waals surface area contributed by atoms with E-state index in [9.17, 15) is 48.9 Å². The summed E-state index contributed by atoms with van der Waals surface area (Å²) in [5, 5.41) is 3.87. The number of nitrogen functional groups attached to an aromatic ring is 1. The fourth-order valence-electron chi connectivity index (χ4n) is 4.04. The van der Waals surface area contributed by atoms with Gasteiger partial charge in [0.25, 0.3) is 0 Å². The molecule has 0 radical (unpaired) electrons. The molecule has 2 heterocycles. The van der Waals surface area contributed by atoms with E-state index in [1.165, 1.54) is 0 Å². The van der Waals surface area contributed by atoms with Gasteiger partial charge in [-0.1, -0.05) is 19.1 Å². The van der Waals surface area contributed by atoms with Gasteiger partial charge < -0.3 is 24.5 Å². The van der Waals surface area contributed by atoms with E-state index in [-0.39, 0.29) is 23.6 Å². The quantitative estimate of drug-likeness (QED) is 0.109. The SMILES string of the molecule is CCCOC(=O)C(C)(C)NP(=O)(COC(Cn1cnc2c(N)ncnc21)C(F)(F)F)N[C@H](c1ccc(OC(F)(F)F)cc1)C(F)(F)F. The predicted molar refractivity (Wildman–Crippen MR) is 147 cm³/mol. The van der Waals surface area contributed by atoms with E-state index in [0.717, 1.165) is 31.1 Å². The van der Waals surface area contributed by atoms with Gasteiger partial charge in [0.1, 0.15) is 35.5 Å². The van der Waals surface area contributed by atoms with Gasteiger partial charge in [0, 0.05) is 0 Å². The standard InChI is InChI=1S/C25H29F9N7O5P/c1-4-9-44-21(42)22(2,3)40-47(43,39-18(24(29,30)31)14-5-7-15(8-6-14)46-25(32,33)34)13-45-16(23(26,27)28)10-41-12-38-17-19(35)36-11-37-20(17)41/h5-8,11-12,16,18H,4,9-10,13H2,1-3H3,(H2,35,36,37)(H2,39,40,43)/t16?,18-,47?/m1/s1. The molecule has 0 saturated heterocycles. The van der Waals surface area contributed by atoms with Crippen LogP contribution in [0, 0.1) is 0 Å². The second-order valence-electron chi connectivity index (χ2n) is 10.5. The second-order valence-corrected chi connectivity index (χ2v) is 12.7. The zero-order chi connectivity index (χ0) is 35.4. The smallest absolute Gasteiger partial charge is 0.464 e. The molecule has 0 fully saturated rings. The topological polar surface area (TPSA) is 156 Å². The number of esters is 1. The highest BCUT2D eigenvalue weighted by Gasteiger charge is 2.49. The van der Waals surface area contributed by atoms with Crippen molar-refractivity contribution in [1.82, 2.24) is 29.7 Å². The molecule has 1 aromatic carbocycles. The summed E-state index contributed by atoms with van der Waals surface area (Å²) in [6.45, 7) is 2.55. The Labute approximate surface area is 260 Å². The maximum absolute atomic E-state index is 14.3. The van der Waals surface area contributed by atoms with E-state index in [4.69, 9.17) is 15.2 Å². The Kier molecular flexibility index (Phi) is 11.4. The van der Waals surface area contributed by atoms with Crippen molar-refractivity contribution in [3.8, 4) is 5.75 Å². The third-order valence-corrected chi connectivity index (χ3v) is 8.24. The summed E-state index contributed by atoms with van der Waals surface area (Å²) in [5.74, 6) is -2.13. The van der Waals surface area contributed by atoms with Crippen LogP contribution >= 0.6 is 7.44 Å². The van der Waals surface area contributed by atoms with Gasteiger partial charge in [0.2, 0.25) is 7.44 Å². The normalized spacial score (nSPS) is 15.7. The molecule has 0 spiro atoms. The molecule has 2 unspecified atom stereocenters. The summed E-state index contributed by atoms with van der Waals surface area (Å²) in [6, 6.07) is -0.693. The van der Waals surface area contributed by atoms with E-state index in [1.807, 2.05) is 0 Å². The van der Waals surface area contributed by atoms with Crippen molar-refractivity contribution in [2.24, 2.45) is 0 Å². The Hall–Kier alpha value is -3.68. The molecule has 22 heteroatoms. The van der Waals surface area contributed by atoms with E-state index in [1.54, 1.807) is 12.0 Å². The number of nitrogens with two attached hydrogens (primary N) is 1. The molecule has 0 aliphatic rings. The monoisotopic (exact) mass is 709 g/mol. The minimum atomic E-state index is -5.32. The largest absolute Gasteiger partial charge is 0.573 e. The van der Waals surface area contributed by atoms with Crippen molar-refractivity contribution in [3.05, 3.63) is 42.5 Å². The highest BCUT2D eigenvalue weighted by Crippen LogP contribution is 2.47. The first kappa shape index (κ1) is 37.8. The predicted octanol–water partition coefficient (Wildman–Crippen LogP) is 5.62. The van der Waals surface area contributed by atoms with Gasteiger partial charge >= 0.3 is 24.7 Å². The van der Waals surface area contributed by atoms with Crippen LogP contribution in [0.15, 0.2) is 36.9 Å². The lowest BCUT2D eigenvalue weighted by molar-refractivity contribution is -0.274. The van der Waals surface area contributed by atoms with Crippen LogP contribution in [-0.2, 0) is 25.4 Å². The van der Waals surface area contributed by atoms with Crippen LogP contribution < -0.4 is 20.6 Å². The molecule has 0 aliphatic heterocycles. The van der Waals surface area contributed by atoms with Crippen LogP contribution in [0.5, 0.6) is 5.75 Å². The lowest BCUT2D eigenvalue weighted by Crippen LogP contribution is -2.50. The van der Waals surface area contributed by atoms with Gasteiger partial charge in [-0.05, 0) is 38.0 Å². The molecule has 262 valence electrons. The van der Waals surface area contributed by atoms with Crippen molar-refractivity contribution in [1.29, 1.82) is 0 Å². The molecule has 47 heavy (non-hydrogen) atoms. The number of rotatable bonds is 14. The zero-order valence-corrected chi connectivity index (χ0v) is 25.6. The fourth-order valence-corrected chi connectivity index (χ4v) is 6.34. The lowest BCUT2D eigenvalue weighted by Gasteiger charge is -2.34. The summed E-state index contributed by atoms with van der Waals surface area (Å²) >= 11 is 0. The van der Waals surface area contributed by atoms with Gasteiger partial charge in [-0.2, -0.15) is 26.3 Å². The summed E-state index contributed by atoms with van der Waals surface area (Å²) in [5.41, 5.74) is 2.63. The van der Waals surface area contributed by atoms with Crippen LogP contribution in [0.25, 0.3) is 11.2 Å². The summed E-state index contributed by atoms with van der Waals surface area (Å²) < 4.78 is 152. The van der Waals surface area contributed by atoms with E-state index < -0.39 is 74.0 Å². The number of alkyl halides is 9.